The van der Waals surface area contributed by atoms with E-state index in [1.54, 1.807) is 11.0 Å². The fourth-order valence-electron chi connectivity index (χ4n) is 3.59. The van der Waals surface area contributed by atoms with Crippen LogP contribution in [0.2, 0.25) is 0 Å². The Morgan fingerprint density at radius 2 is 1.94 bits per heavy atom. The smallest absolute Gasteiger partial charge is 0.387 e. The van der Waals surface area contributed by atoms with E-state index in [-0.39, 0.29) is 29.9 Å². The Bertz CT molecular complexity index is 965. The van der Waals surface area contributed by atoms with Crippen LogP contribution < -0.4 is 19.7 Å². The molecule has 1 saturated heterocycles. The molecule has 1 heterocycles. The van der Waals surface area contributed by atoms with Crippen LogP contribution in [0.25, 0.3) is 0 Å². The van der Waals surface area contributed by atoms with E-state index in [4.69, 9.17) is 4.74 Å². The highest BCUT2D eigenvalue weighted by Crippen LogP contribution is 2.30. The van der Waals surface area contributed by atoms with Crippen LogP contribution in [0, 0.1) is 19.8 Å². The third-order valence-corrected chi connectivity index (χ3v) is 5.48. The lowest BCUT2D eigenvalue weighted by Gasteiger charge is -2.18. The summed E-state index contributed by atoms with van der Waals surface area (Å²) in [4.78, 5) is 27.0. The standard InChI is InChI=1S/C23H26F2N2O4/c1-14-4-6-17(12-15(14)2)27-11-9-18(22(27)29)21(28)26-10-8-16-5-7-19(30-3)20(13-16)31-23(24)25/h4-7,12-13,18,23H,8-11H2,1-3H3,(H,26,28). The van der Waals surface area contributed by atoms with Gasteiger partial charge >= 0.3 is 6.61 Å². The molecule has 1 aliphatic heterocycles. The maximum atomic E-state index is 12.8. The van der Waals surface area contributed by atoms with Crippen LogP contribution in [0.15, 0.2) is 36.4 Å². The fourth-order valence-corrected chi connectivity index (χ4v) is 3.59. The molecule has 0 saturated carbocycles. The van der Waals surface area contributed by atoms with Crippen LogP contribution >= 0.6 is 0 Å². The van der Waals surface area contributed by atoms with E-state index in [1.165, 1.54) is 19.2 Å². The number of halogens is 2. The minimum absolute atomic E-state index is 0.0590. The molecule has 0 spiro atoms. The van der Waals surface area contributed by atoms with Crippen molar-refractivity contribution < 1.29 is 27.8 Å². The van der Waals surface area contributed by atoms with Crippen LogP contribution in [0.3, 0.4) is 0 Å². The minimum Gasteiger partial charge on any atom is -0.493 e. The number of hydrogen-bond acceptors (Lipinski definition) is 4. The van der Waals surface area contributed by atoms with Gasteiger partial charge < -0.3 is 19.7 Å². The van der Waals surface area contributed by atoms with E-state index in [1.807, 2.05) is 32.0 Å². The molecule has 0 bridgehead atoms. The first-order chi connectivity index (χ1) is 14.8. The molecule has 1 N–H and O–H groups in total. The van der Waals surface area contributed by atoms with Gasteiger partial charge in [-0.25, -0.2) is 0 Å². The number of aryl methyl sites for hydroxylation is 2. The molecule has 1 unspecified atom stereocenters. The van der Waals surface area contributed by atoms with E-state index in [0.717, 1.165) is 16.8 Å². The topological polar surface area (TPSA) is 67.9 Å². The zero-order valence-electron chi connectivity index (χ0n) is 17.8. The predicted molar refractivity (Wildman–Crippen MR) is 113 cm³/mol. The average Bonchev–Trinajstić information content (AvgIpc) is 3.11. The molecule has 31 heavy (non-hydrogen) atoms. The van der Waals surface area contributed by atoms with Crippen LogP contribution in [0.5, 0.6) is 11.5 Å². The Kier molecular flexibility index (Phi) is 7.09. The summed E-state index contributed by atoms with van der Waals surface area (Å²) < 4.78 is 34.6. The first-order valence-electron chi connectivity index (χ1n) is 10.1. The Hall–Kier alpha value is -3.16. The molecule has 2 amide bonds. The number of benzene rings is 2. The van der Waals surface area contributed by atoms with Crippen molar-refractivity contribution in [3.8, 4) is 11.5 Å². The third-order valence-electron chi connectivity index (χ3n) is 5.48. The lowest BCUT2D eigenvalue weighted by atomic mass is 10.1. The van der Waals surface area contributed by atoms with Crippen molar-refractivity contribution in [2.75, 3.05) is 25.1 Å². The largest absolute Gasteiger partial charge is 0.493 e. The van der Waals surface area contributed by atoms with Gasteiger partial charge in [-0.3, -0.25) is 9.59 Å². The number of amides is 2. The van der Waals surface area contributed by atoms with Crippen LogP contribution in [-0.4, -0.2) is 38.6 Å². The Labute approximate surface area is 180 Å². The predicted octanol–water partition coefficient (Wildman–Crippen LogP) is 3.63. The second kappa shape index (κ2) is 9.76. The number of nitrogens with zero attached hydrogens (tertiary/aromatic N) is 1. The quantitative estimate of drug-likeness (QED) is 0.647. The third kappa shape index (κ3) is 5.31. The van der Waals surface area contributed by atoms with Crippen molar-refractivity contribution in [3.05, 3.63) is 53.1 Å². The van der Waals surface area contributed by atoms with E-state index >= 15 is 0 Å². The minimum atomic E-state index is -2.96. The maximum absolute atomic E-state index is 12.8. The zero-order chi connectivity index (χ0) is 22.5. The fraction of sp³-hybridized carbons (Fsp3) is 0.391. The summed E-state index contributed by atoms with van der Waals surface area (Å²) >= 11 is 0. The Morgan fingerprint density at radius 3 is 2.61 bits per heavy atom. The lowest BCUT2D eigenvalue weighted by Crippen LogP contribution is -2.37. The van der Waals surface area contributed by atoms with Crippen molar-refractivity contribution in [1.29, 1.82) is 0 Å². The molecule has 0 radical (unpaired) electrons. The molecule has 2 aromatic carbocycles. The summed E-state index contributed by atoms with van der Waals surface area (Å²) in [5.41, 5.74) is 3.73. The van der Waals surface area contributed by atoms with Crippen molar-refractivity contribution in [2.24, 2.45) is 5.92 Å². The number of rotatable bonds is 8. The number of nitrogens with one attached hydrogen (secondary N) is 1. The van der Waals surface area contributed by atoms with E-state index in [9.17, 15) is 18.4 Å². The molecular formula is C23H26F2N2O4. The first-order valence-corrected chi connectivity index (χ1v) is 10.1. The molecule has 1 atom stereocenters. The van der Waals surface area contributed by atoms with Gasteiger partial charge in [0.25, 0.3) is 0 Å². The van der Waals surface area contributed by atoms with E-state index in [2.05, 4.69) is 10.1 Å². The van der Waals surface area contributed by atoms with E-state index in [0.29, 0.717) is 24.9 Å². The normalized spacial score (nSPS) is 16.0. The average molecular weight is 432 g/mol. The molecule has 1 aliphatic rings. The van der Waals surface area contributed by atoms with Crippen molar-refractivity contribution in [3.63, 3.8) is 0 Å². The molecule has 1 fully saturated rings. The van der Waals surface area contributed by atoms with Gasteiger partial charge in [-0.15, -0.1) is 0 Å². The molecule has 0 aromatic heterocycles. The molecule has 3 rings (SSSR count). The van der Waals surface area contributed by atoms with Gasteiger partial charge in [-0.1, -0.05) is 12.1 Å². The molecule has 0 aliphatic carbocycles. The van der Waals surface area contributed by atoms with Crippen LogP contribution in [-0.2, 0) is 16.0 Å². The number of alkyl halides is 2. The molecule has 166 valence electrons. The van der Waals surface area contributed by atoms with Gasteiger partial charge in [-0.05, 0) is 67.6 Å². The van der Waals surface area contributed by atoms with Gasteiger partial charge in [0.15, 0.2) is 11.5 Å². The highest BCUT2D eigenvalue weighted by atomic mass is 19.3. The zero-order valence-corrected chi connectivity index (χ0v) is 17.8. The van der Waals surface area contributed by atoms with Gasteiger partial charge in [0.1, 0.15) is 5.92 Å². The van der Waals surface area contributed by atoms with Crippen LogP contribution in [0.1, 0.15) is 23.1 Å². The summed E-state index contributed by atoms with van der Waals surface area (Å²) in [6.07, 6.45) is 0.851. The lowest BCUT2D eigenvalue weighted by molar-refractivity contribution is -0.132. The molecule has 8 heteroatoms. The molecule has 2 aromatic rings. The summed E-state index contributed by atoms with van der Waals surface area (Å²) in [7, 11) is 1.37. The second-order valence-corrected chi connectivity index (χ2v) is 7.50. The van der Waals surface area contributed by atoms with Gasteiger partial charge in [0, 0.05) is 18.8 Å². The number of anilines is 1. The van der Waals surface area contributed by atoms with E-state index < -0.39 is 12.5 Å². The van der Waals surface area contributed by atoms with Gasteiger partial charge in [0.05, 0.1) is 7.11 Å². The van der Waals surface area contributed by atoms with Gasteiger partial charge in [0.2, 0.25) is 11.8 Å². The molecular weight excluding hydrogens is 406 g/mol. The van der Waals surface area contributed by atoms with Crippen molar-refractivity contribution >= 4 is 17.5 Å². The summed E-state index contributed by atoms with van der Waals surface area (Å²) in [6, 6.07) is 10.5. The molecule has 6 nitrogen and oxygen atoms in total. The second-order valence-electron chi connectivity index (χ2n) is 7.50. The van der Waals surface area contributed by atoms with Crippen molar-refractivity contribution in [1.82, 2.24) is 5.32 Å². The summed E-state index contributed by atoms with van der Waals surface area (Å²) in [6.45, 7) is 1.80. The number of hydrogen-bond donors (Lipinski definition) is 1. The summed E-state index contributed by atoms with van der Waals surface area (Å²) in [5, 5.41) is 2.78. The maximum Gasteiger partial charge on any atom is 0.387 e. The number of ether oxygens (including phenoxy) is 2. The van der Waals surface area contributed by atoms with Crippen molar-refractivity contribution in [2.45, 2.75) is 33.3 Å². The first kappa shape index (κ1) is 22.5. The Balaban J connectivity index is 1.56. The number of carbonyl (C=O) groups excluding carboxylic acids is 2. The number of carbonyl (C=O) groups is 2. The highest BCUT2D eigenvalue weighted by Gasteiger charge is 2.37. The van der Waals surface area contributed by atoms with Gasteiger partial charge in [-0.2, -0.15) is 8.78 Å². The number of methoxy groups -OCH3 is 1. The highest BCUT2D eigenvalue weighted by molar-refractivity contribution is 6.09. The van der Waals surface area contributed by atoms with Crippen LogP contribution in [0.4, 0.5) is 14.5 Å². The summed E-state index contributed by atoms with van der Waals surface area (Å²) in [5.74, 6) is -1.12. The Morgan fingerprint density at radius 1 is 1.16 bits per heavy atom. The SMILES string of the molecule is COc1ccc(CCNC(=O)C2CCN(c3ccc(C)c(C)c3)C2=O)cc1OC(F)F. The monoisotopic (exact) mass is 432 g/mol.